The van der Waals surface area contributed by atoms with Crippen molar-refractivity contribution in [2.75, 3.05) is 31.6 Å². The number of aromatic nitrogens is 3. The van der Waals surface area contributed by atoms with Crippen molar-refractivity contribution < 1.29 is 27.1 Å². The molecule has 3 heterocycles. The van der Waals surface area contributed by atoms with Gasteiger partial charge in [0.25, 0.3) is 0 Å². The van der Waals surface area contributed by atoms with Crippen molar-refractivity contribution in [3.8, 4) is 34.8 Å². The lowest BCUT2D eigenvalue weighted by Gasteiger charge is -2.41. The van der Waals surface area contributed by atoms with Crippen LogP contribution in [0, 0.1) is 11.3 Å². The van der Waals surface area contributed by atoms with Crippen molar-refractivity contribution in [1.82, 2.24) is 19.7 Å². The van der Waals surface area contributed by atoms with Gasteiger partial charge < -0.3 is 18.8 Å². The summed E-state index contributed by atoms with van der Waals surface area (Å²) in [5.74, 6) is 1.25. The van der Waals surface area contributed by atoms with E-state index < -0.39 is 28.9 Å². The van der Waals surface area contributed by atoms with Crippen LogP contribution in [-0.4, -0.2) is 80.2 Å². The van der Waals surface area contributed by atoms with E-state index in [1.165, 1.54) is 29.7 Å². The SMILES string of the molecule is COc1cccc(OC)c1-n1c(-c2ccco2)nnc1N(CC[Si](C)(C)C)S(=O)(=O)[C@@H](C)CN1C(=O)CCC[C@]1(C)C#N. The van der Waals surface area contributed by atoms with Gasteiger partial charge in [0.2, 0.25) is 27.7 Å². The Kier molecular flexibility index (Phi) is 9.26. The minimum Gasteiger partial charge on any atom is -0.494 e. The Labute approximate surface area is 254 Å². The second-order valence-electron chi connectivity index (χ2n) is 12.1. The van der Waals surface area contributed by atoms with Crippen LogP contribution in [0.25, 0.3) is 17.3 Å². The van der Waals surface area contributed by atoms with E-state index in [1.54, 1.807) is 48.7 Å². The summed E-state index contributed by atoms with van der Waals surface area (Å²) in [6.07, 6.45) is 2.84. The lowest BCUT2D eigenvalue weighted by molar-refractivity contribution is -0.138. The monoisotopic (exact) mass is 628 g/mol. The topological polar surface area (TPSA) is 144 Å². The van der Waals surface area contributed by atoms with Gasteiger partial charge in [-0.15, -0.1) is 10.2 Å². The Balaban J connectivity index is 1.91. The van der Waals surface area contributed by atoms with E-state index in [9.17, 15) is 18.5 Å². The molecule has 1 fully saturated rings. The Hall–Kier alpha value is -3.83. The van der Waals surface area contributed by atoms with Gasteiger partial charge in [-0.2, -0.15) is 5.26 Å². The number of piperidine rings is 1. The van der Waals surface area contributed by atoms with Crippen LogP contribution in [0.15, 0.2) is 41.0 Å². The number of hydrogen-bond acceptors (Lipinski definition) is 9. The van der Waals surface area contributed by atoms with E-state index in [0.29, 0.717) is 41.8 Å². The Bertz CT molecular complexity index is 1570. The average Bonchev–Trinajstić information content (AvgIpc) is 3.64. The number of anilines is 1. The molecule has 43 heavy (non-hydrogen) atoms. The predicted molar refractivity (Wildman–Crippen MR) is 166 cm³/mol. The van der Waals surface area contributed by atoms with Crippen LogP contribution in [0.4, 0.5) is 5.95 Å². The Morgan fingerprint density at radius 1 is 1.16 bits per heavy atom. The number of nitriles is 1. The fraction of sp³-hybridized carbons (Fsp3) is 0.517. The van der Waals surface area contributed by atoms with Gasteiger partial charge in [-0.25, -0.2) is 12.7 Å². The third-order valence-electron chi connectivity index (χ3n) is 7.75. The molecule has 12 nitrogen and oxygen atoms in total. The summed E-state index contributed by atoms with van der Waals surface area (Å²) < 4.78 is 49.1. The molecular formula is C29H40N6O6SSi. The van der Waals surface area contributed by atoms with Gasteiger partial charge in [0, 0.05) is 27.6 Å². The summed E-state index contributed by atoms with van der Waals surface area (Å²) in [5, 5.41) is 17.7. The molecule has 0 spiro atoms. The van der Waals surface area contributed by atoms with Gasteiger partial charge in [-0.3, -0.25) is 9.36 Å². The molecule has 14 heteroatoms. The quantitative estimate of drug-likeness (QED) is 0.261. The molecule has 232 valence electrons. The minimum absolute atomic E-state index is 0.0346. The first kappa shape index (κ1) is 32.1. The van der Waals surface area contributed by atoms with Crippen LogP contribution in [0.2, 0.25) is 25.7 Å². The number of carbonyl (C=O) groups excluding carboxylic acids is 1. The van der Waals surface area contributed by atoms with E-state index in [1.807, 2.05) is 0 Å². The smallest absolute Gasteiger partial charge is 0.246 e. The van der Waals surface area contributed by atoms with Crippen molar-refractivity contribution >= 4 is 30.0 Å². The van der Waals surface area contributed by atoms with E-state index in [-0.39, 0.29) is 37.2 Å². The van der Waals surface area contributed by atoms with Crippen molar-refractivity contribution in [3.63, 3.8) is 0 Å². The van der Waals surface area contributed by atoms with Crippen LogP contribution in [0.5, 0.6) is 11.5 Å². The molecule has 1 aliphatic rings. The predicted octanol–water partition coefficient (Wildman–Crippen LogP) is 4.70. The maximum atomic E-state index is 14.6. The van der Waals surface area contributed by atoms with Gasteiger partial charge in [-0.1, -0.05) is 25.7 Å². The van der Waals surface area contributed by atoms with E-state index in [0.717, 1.165) is 0 Å². The molecule has 0 unspecified atom stereocenters. The maximum absolute atomic E-state index is 14.6. The zero-order chi connectivity index (χ0) is 31.6. The molecule has 1 aromatic carbocycles. The first-order valence-corrected chi connectivity index (χ1v) is 19.4. The summed E-state index contributed by atoms with van der Waals surface area (Å²) >= 11 is 0. The van der Waals surface area contributed by atoms with Crippen LogP contribution < -0.4 is 13.8 Å². The number of sulfonamides is 1. The fourth-order valence-electron chi connectivity index (χ4n) is 5.16. The number of methoxy groups -OCH3 is 2. The van der Waals surface area contributed by atoms with Crippen LogP contribution in [0.1, 0.15) is 33.1 Å². The molecule has 0 radical (unpaired) electrons. The number of furan rings is 1. The Morgan fingerprint density at radius 3 is 2.40 bits per heavy atom. The zero-order valence-electron chi connectivity index (χ0n) is 25.8. The number of rotatable bonds is 12. The molecule has 4 rings (SSSR count). The van der Waals surface area contributed by atoms with E-state index >= 15 is 0 Å². The second kappa shape index (κ2) is 12.4. The number of likely N-dealkylation sites (tertiary alicyclic amines) is 1. The van der Waals surface area contributed by atoms with Crippen LogP contribution in [0.3, 0.4) is 0 Å². The normalized spacial score (nSPS) is 18.3. The summed E-state index contributed by atoms with van der Waals surface area (Å²) in [4.78, 5) is 14.4. The highest BCUT2D eigenvalue weighted by Gasteiger charge is 2.43. The van der Waals surface area contributed by atoms with Gasteiger partial charge in [0.15, 0.2) is 5.76 Å². The molecule has 3 aromatic rings. The lowest BCUT2D eigenvalue weighted by Crippen LogP contribution is -2.56. The summed E-state index contributed by atoms with van der Waals surface area (Å²) in [6.45, 7) is 9.74. The number of ether oxygens (including phenoxy) is 2. The van der Waals surface area contributed by atoms with Crippen molar-refractivity contribution in [2.24, 2.45) is 0 Å². The van der Waals surface area contributed by atoms with Crippen molar-refractivity contribution in [1.29, 1.82) is 5.26 Å². The highest BCUT2D eigenvalue weighted by atomic mass is 32.2. The standard InChI is InChI=1S/C29H40N6O6SSi/c1-21(19-33-25(36)14-9-15-29(33,2)20-30)42(37,38)34(16-18-43(5,6)7)28-32-31-27(24-13-10-17-41-24)35(28)26-22(39-3)11-8-12-23(26)40-4/h8,10-13,17,21H,9,14-16,18-19H2,1-7H3/t21-,29+/m0/s1. The first-order chi connectivity index (χ1) is 20.3. The molecule has 0 aliphatic carbocycles. The number of nitrogens with zero attached hydrogens (tertiary/aromatic N) is 6. The molecule has 2 atom stereocenters. The molecule has 1 saturated heterocycles. The molecule has 0 N–H and O–H groups in total. The summed E-state index contributed by atoms with van der Waals surface area (Å²) in [7, 11) is -2.91. The zero-order valence-corrected chi connectivity index (χ0v) is 27.6. The fourth-order valence-corrected chi connectivity index (χ4v) is 7.68. The molecular weight excluding hydrogens is 589 g/mol. The van der Waals surface area contributed by atoms with E-state index in [2.05, 4.69) is 35.9 Å². The maximum Gasteiger partial charge on any atom is 0.246 e. The first-order valence-electron chi connectivity index (χ1n) is 14.2. The number of hydrogen-bond donors (Lipinski definition) is 0. The van der Waals surface area contributed by atoms with Gasteiger partial charge >= 0.3 is 0 Å². The third-order valence-corrected chi connectivity index (χ3v) is 11.6. The number of para-hydroxylation sites is 1. The van der Waals surface area contributed by atoms with Crippen molar-refractivity contribution in [3.05, 3.63) is 36.6 Å². The number of carbonyl (C=O) groups is 1. The second-order valence-corrected chi connectivity index (χ2v) is 20.0. The number of benzene rings is 1. The highest BCUT2D eigenvalue weighted by molar-refractivity contribution is 7.93. The largest absolute Gasteiger partial charge is 0.494 e. The average molecular weight is 629 g/mol. The van der Waals surface area contributed by atoms with E-state index in [4.69, 9.17) is 13.9 Å². The van der Waals surface area contributed by atoms with Gasteiger partial charge in [0.1, 0.15) is 22.7 Å². The summed E-state index contributed by atoms with van der Waals surface area (Å²) in [6, 6.07) is 11.5. The minimum atomic E-state index is -4.17. The number of amides is 1. The highest BCUT2D eigenvalue weighted by Crippen LogP contribution is 2.40. The molecule has 2 aromatic heterocycles. The molecule has 0 saturated carbocycles. The van der Waals surface area contributed by atoms with Gasteiger partial charge in [0.05, 0.1) is 31.8 Å². The molecule has 1 aliphatic heterocycles. The van der Waals surface area contributed by atoms with Gasteiger partial charge in [-0.05, 0) is 57.0 Å². The lowest BCUT2D eigenvalue weighted by atomic mass is 9.89. The molecule has 1 amide bonds. The van der Waals surface area contributed by atoms with Crippen molar-refractivity contribution in [2.45, 2.75) is 69.6 Å². The van der Waals surface area contributed by atoms with Crippen LogP contribution >= 0.6 is 0 Å². The summed E-state index contributed by atoms with van der Waals surface area (Å²) in [5.41, 5.74) is -0.678. The molecule has 0 bridgehead atoms. The Morgan fingerprint density at radius 2 is 1.84 bits per heavy atom. The third kappa shape index (κ3) is 6.42. The van der Waals surface area contributed by atoms with Crippen LogP contribution in [-0.2, 0) is 14.8 Å².